The Bertz CT molecular complexity index is 563. The fourth-order valence-electron chi connectivity index (χ4n) is 2.11. The van der Waals surface area contributed by atoms with Gasteiger partial charge in [0.15, 0.2) is 0 Å². The predicted molar refractivity (Wildman–Crippen MR) is 59.8 cm³/mol. The number of aromatic nitrogens is 1. The Kier molecular flexibility index (Phi) is 7.65. The minimum Gasteiger partial charge on any atom is -1.00 e. The number of halogens is 4. The summed E-state index contributed by atoms with van der Waals surface area (Å²) in [7, 11) is 0. The summed E-state index contributed by atoms with van der Waals surface area (Å²) in [5, 5.41) is 0. The second-order valence-electron chi connectivity index (χ2n) is 3.67. The van der Waals surface area contributed by atoms with E-state index in [4.69, 9.17) is 0 Å². The van der Waals surface area contributed by atoms with Crippen molar-refractivity contribution in [2.75, 3.05) is 0 Å². The van der Waals surface area contributed by atoms with Gasteiger partial charge in [0.25, 0.3) is 0 Å². The molecule has 0 bridgehead atoms. The molecule has 0 atom stereocenters. The number of benzene rings is 1. The first-order chi connectivity index (χ1) is 7.25. The van der Waals surface area contributed by atoms with Gasteiger partial charge >= 0.3 is 113 Å². The molecule has 6 heteroatoms. The summed E-state index contributed by atoms with van der Waals surface area (Å²) in [5.41, 5.74) is 5.58. The first kappa shape index (κ1) is 18.6. The van der Waals surface area contributed by atoms with Gasteiger partial charge < -0.3 is 37.2 Å². The molecular weight excluding hydrogens is 436 g/mol. The second-order valence-corrected chi connectivity index (χ2v) is 5.75. The molecule has 2 aromatic rings. The summed E-state index contributed by atoms with van der Waals surface area (Å²) in [6.45, 7) is 0. The summed E-state index contributed by atoms with van der Waals surface area (Å²) >= 11 is 4.91. The third kappa shape index (κ3) is 3.19. The van der Waals surface area contributed by atoms with Gasteiger partial charge in [-0.25, -0.2) is 0 Å². The van der Waals surface area contributed by atoms with Crippen LogP contribution in [0.2, 0.25) is 0 Å². The summed E-state index contributed by atoms with van der Waals surface area (Å²) in [6, 6.07) is 8.65. The Morgan fingerprint density at radius 3 is 2.50 bits per heavy atom. The smallest absolute Gasteiger partial charge is 1.00 e. The van der Waals surface area contributed by atoms with Gasteiger partial charge in [0.1, 0.15) is 0 Å². The molecule has 92 valence electrons. The van der Waals surface area contributed by atoms with Crippen LogP contribution < -0.4 is 40.6 Å². The summed E-state index contributed by atoms with van der Waals surface area (Å²) in [5.74, 6) is 0. The largest absolute Gasteiger partial charge is 1.00 e. The van der Waals surface area contributed by atoms with E-state index in [1.165, 1.54) is 50.4 Å². The molecule has 0 saturated carbocycles. The van der Waals surface area contributed by atoms with Crippen molar-refractivity contribution in [3.8, 4) is 11.1 Å². The number of hydrogen-bond donors (Lipinski definition) is 0. The topological polar surface area (TPSA) is 12.9 Å². The molecular formula is C12H7BrCl3NZr. The van der Waals surface area contributed by atoms with Gasteiger partial charge in [-0.3, -0.25) is 0 Å². The van der Waals surface area contributed by atoms with Crippen molar-refractivity contribution in [1.29, 1.82) is 0 Å². The molecule has 3 rings (SSSR count). The molecule has 0 unspecified atom stereocenters. The molecule has 0 saturated heterocycles. The average molecular weight is 443 g/mol. The van der Waals surface area contributed by atoms with Crippen molar-refractivity contribution in [2.24, 2.45) is 0 Å². The van der Waals surface area contributed by atoms with Crippen molar-refractivity contribution in [1.82, 2.24) is 4.98 Å². The van der Waals surface area contributed by atoms with Crippen LogP contribution in [0, 0.1) is 0 Å². The van der Waals surface area contributed by atoms with Crippen LogP contribution in [0.25, 0.3) is 11.1 Å². The number of fused-ring (bicyclic) bond motifs is 3. The van der Waals surface area contributed by atoms with Crippen molar-refractivity contribution in [2.45, 2.75) is 6.42 Å². The van der Waals surface area contributed by atoms with Crippen LogP contribution in [0.4, 0.5) is 0 Å². The molecule has 0 amide bonds. The van der Waals surface area contributed by atoms with E-state index in [1.807, 2.05) is 6.20 Å². The molecule has 1 nitrogen and oxygen atoms in total. The van der Waals surface area contributed by atoms with Gasteiger partial charge in [-0.1, -0.05) is 0 Å². The van der Waals surface area contributed by atoms with Gasteiger partial charge in [-0.15, -0.1) is 0 Å². The molecule has 0 aliphatic heterocycles. The summed E-state index contributed by atoms with van der Waals surface area (Å²) in [6.07, 6.45) is 2.97. The van der Waals surface area contributed by atoms with E-state index in [0.29, 0.717) is 0 Å². The normalized spacial score (nSPS) is 10.4. The van der Waals surface area contributed by atoms with Crippen LogP contribution in [0.15, 0.2) is 34.9 Å². The average Bonchev–Trinajstić information content (AvgIpc) is 2.56. The maximum atomic E-state index is 4.40. The molecule has 0 radical (unpaired) electrons. The molecule has 1 aliphatic carbocycles. The summed E-state index contributed by atoms with van der Waals surface area (Å²) < 4.78 is 2.38. The van der Waals surface area contributed by atoms with E-state index in [9.17, 15) is 0 Å². The molecule has 1 heterocycles. The quantitative estimate of drug-likeness (QED) is 0.338. The Hall–Kier alpha value is 0.603. The van der Waals surface area contributed by atoms with Crippen molar-refractivity contribution >= 4 is 19.3 Å². The minimum absolute atomic E-state index is 0. The van der Waals surface area contributed by atoms with Crippen LogP contribution in [0.5, 0.6) is 0 Å². The van der Waals surface area contributed by atoms with Crippen LogP contribution >= 0.6 is 15.9 Å². The third-order valence-corrected chi connectivity index (χ3v) is 4.18. The number of nitrogens with zero attached hydrogens (tertiary/aromatic N) is 1. The number of pyridine rings is 1. The van der Waals surface area contributed by atoms with Gasteiger partial charge in [0, 0.05) is 0 Å². The first-order valence-electron chi connectivity index (χ1n) is 4.74. The molecule has 18 heavy (non-hydrogen) atoms. The van der Waals surface area contributed by atoms with Gasteiger partial charge in [-0.05, 0) is 0 Å². The third-order valence-electron chi connectivity index (χ3n) is 2.75. The monoisotopic (exact) mass is 439 g/mol. The molecule has 1 aromatic heterocycles. The van der Waals surface area contributed by atoms with Gasteiger partial charge in [0.05, 0.1) is 0 Å². The zero-order valence-electron chi connectivity index (χ0n) is 9.05. The van der Waals surface area contributed by atoms with E-state index in [0.717, 1.165) is 10.9 Å². The second kappa shape index (κ2) is 7.40. The Labute approximate surface area is 148 Å². The number of hydrogen-bond acceptors (Lipinski definition) is 1. The Balaban J connectivity index is 0.000000963. The van der Waals surface area contributed by atoms with Crippen molar-refractivity contribution in [3.63, 3.8) is 0 Å². The van der Waals surface area contributed by atoms with Crippen molar-refractivity contribution < 1.29 is 61.9 Å². The van der Waals surface area contributed by atoms with E-state index in [-0.39, 0.29) is 37.2 Å². The predicted octanol–water partition coefficient (Wildman–Crippen LogP) is -6.40. The standard InChI is InChI=1S/C12H7BrN.3ClH.Zr/c13-10-1-2-11-9(6-10)5-8-3-4-14-7-12(8)11;;;;/h1-4,6H,5H2;3*1H;/q;;;;+3/p-3. The van der Waals surface area contributed by atoms with Crippen molar-refractivity contribution in [3.05, 3.63) is 46.1 Å². The van der Waals surface area contributed by atoms with E-state index >= 15 is 0 Å². The van der Waals surface area contributed by atoms with Crippen LogP contribution in [-0.4, -0.2) is 4.98 Å². The Morgan fingerprint density at radius 2 is 1.78 bits per heavy atom. The van der Waals surface area contributed by atoms with E-state index < -0.39 is 0 Å². The van der Waals surface area contributed by atoms with Crippen LogP contribution in [0.3, 0.4) is 0 Å². The van der Waals surface area contributed by atoms with Gasteiger partial charge in [-0.2, -0.15) is 0 Å². The summed E-state index contributed by atoms with van der Waals surface area (Å²) in [4.78, 5) is 4.40. The zero-order chi connectivity index (χ0) is 10.4. The van der Waals surface area contributed by atoms with E-state index in [2.05, 4.69) is 45.2 Å². The first-order valence-corrected chi connectivity index (χ1v) is 6.76. The Morgan fingerprint density at radius 1 is 1.06 bits per heavy atom. The zero-order valence-corrected chi connectivity index (χ0v) is 15.4. The molecule has 0 spiro atoms. The van der Waals surface area contributed by atoms with E-state index in [1.54, 1.807) is 0 Å². The minimum atomic E-state index is 0. The fraction of sp³-hybridized carbons (Fsp3) is 0.0833. The van der Waals surface area contributed by atoms with Crippen LogP contribution in [-0.2, 0) is 31.1 Å². The molecule has 1 aromatic carbocycles. The molecule has 0 N–H and O–H groups in total. The maximum absolute atomic E-state index is 4.40. The molecule has 1 aliphatic rings. The van der Waals surface area contributed by atoms with Gasteiger partial charge in [0.2, 0.25) is 0 Å². The fourth-order valence-corrected chi connectivity index (χ4v) is 3.42. The van der Waals surface area contributed by atoms with Crippen LogP contribution in [0.1, 0.15) is 11.1 Å². The SMILES string of the molecule is Brc1ccc2c(c1)Cc1ccn[c]([Zr+3])c1-2.[Cl-].[Cl-].[Cl-]. The number of rotatable bonds is 0. The molecule has 0 fully saturated rings. The maximum Gasteiger partial charge on any atom is -1.00 e.